The summed E-state index contributed by atoms with van der Waals surface area (Å²) in [5.41, 5.74) is 2.04. The van der Waals surface area contributed by atoms with Crippen molar-refractivity contribution in [2.45, 2.75) is 43.9 Å². The highest BCUT2D eigenvalue weighted by Gasteiger charge is 2.35. The molecule has 1 saturated carbocycles. The number of nitrogens with one attached hydrogen (secondary N) is 2. The van der Waals surface area contributed by atoms with Crippen molar-refractivity contribution in [3.63, 3.8) is 0 Å². The third-order valence-corrected chi connectivity index (χ3v) is 7.85. The Morgan fingerprint density at radius 1 is 1.18 bits per heavy atom. The molecule has 0 saturated heterocycles. The molecule has 4 aromatic heterocycles. The van der Waals surface area contributed by atoms with Crippen molar-refractivity contribution in [3.8, 4) is 22.9 Å². The van der Waals surface area contributed by atoms with Crippen molar-refractivity contribution in [1.82, 2.24) is 40.0 Å². The molecule has 5 aromatic rings. The Kier molecular flexibility index (Phi) is 6.60. The molecule has 1 amide bonds. The summed E-state index contributed by atoms with van der Waals surface area (Å²) in [6.45, 7) is 0. The van der Waals surface area contributed by atoms with E-state index < -0.39 is 29.9 Å². The fraction of sp³-hybridized carbons (Fsp3) is 0.280. The summed E-state index contributed by atoms with van der Waals surface area (Å²) in [4.78, 5) is 30.3. The van der Waals surface area contributed by atoms with Gasteiger partial charge in [0.05, 0.1) is 41.7 Å². The van der Waals surface area contributed by atoms with Gasteiger partial charge in [-0.15, -0.1) is 0 Å². The minimum absolute atomic E-state index is 0.228. The van der Waals surface area contributed by atoms with E-state index in [1.54, 1.807) is 30.5 Å². The molecule has 10 nitrogen and oxygen atoms in total. The van der Waals surface area contributed by atoms with Crippen LogP contribution in [0.2, 0.25) is 4.34 Å². The average Bonchev–Trinajstić information content (AvgIpc) is 3.66. The van der Waals surface area contributed by atoms with Crippen molar-refractivity contribution in [3.05, 3.63) is 64.2 Å². The summed E-state index contributed by atoms with van der Waals surface area (Å²) in [5, 5.41) is 21.6. The van der Waals surface area contributed by atoms with E-state index in [0.29, 0.717) is 51.1 Å². The van der Waals surface area contributed by atoms with Gasteiger partial charge < -0.3 is 15.0 Å². The van der Waals surface area contributed by atoms with Crippen LogP contribution in [0.4, 0.5) is 4.39 Å². The van der Waals surface area contributed by atoms with Crippen LogP contribution in [-0.2, 0) is 0 Å². The number of hydrogen-bond acceptors (Lipinski definition) is 8. The Bertz CT molecular complexity index is 1600. The van der Waals surface area contributed by atoms with Gasteiger partial charge in [0.2, 0.25) is 0 Å². The number of nitrogens with zero attached hydrogens (tertiary/aromatic N) is 6. The van der Waals surface area contributed by atoms with E-state index >= 15 is 4.39 Å². The van der Waals surface area contributed by atoms with Gasteiger partial charge in [-0.05, 0) is 31.0 Å². The van der Waals surface area contributed by atoms with Crippen LogP contribution in [0, 0.1) is 5.82 Å². The molecule has 0 radical (unpaired) electrons. The molecule has 1 aliphatic carbocycles. The second kappa shape index (κ2) is 10.2. The number of aliphatic hydroxyl groups is 1. The summed E-state index contributed by atoms with van der Waals surface area (Å²) in [5.74, 6) is 0.0208. The predicted octanol–water partition coefficient (Wildman–Crippen LogP) is 4.41. The van der Waals surface area contributed by atoms with E-state index in [4.69, 9.17) is 16.6 Å². The largest absolute Gasteiger partial charge is 0.389 e. The van der Waals surface area contributed by atoms with Gasteiger partial charge in [0.15, 0.2) is 10.8 Å². The first-order valence-electron chi connectivity index (χ1n) is 12.1. The SMILES string of the molecule is O=C(NC1CCCCC(n2c(-c3ccccc3F)nc3cnc(-c4ncn[nH]4)cc32)C1O)c1ncc(Cl)s1. The maximum Gasteiger partial charge on any atom is 0.280 e. The molecule has 1 aliphatic rings. The number of carbonyl (C=O) groups excluding carboxylic acids is 1. The van der Waals surface area contributed by atoms with Crippen LogP contribution in [-0.4, -0.2) is 57.9 Å². The van der Waals surface area contributed by atoms with Crippen LogP contribution in [0.25, 0.3) is 33.9 Å². The molecule has 0 spiro atoms. The summed E-state index contributed by atoms with van der Waals surface area (Å²) in [6.07, 6.45) is 6.20. The number of thiazole rings is 1. The Labute approximate surface area is 225 Å². The van der Waals surface area contributed by atoms with Crippen LogP contribution in [0.5, 0.6) is 0 Å². The normalized spacial score (nSPS) is 19.9. The number of fused-ring (bicyclic) bond motifs is 1. The van der Waals surface area contributed by atoms with Gasteiger partial charge in [-0.1, -0.05) is 47.9 Å². The maximum absolute atomic E-state index is 15.0. The second-order valence-corrected chi connectivity index (χ2v) is 10.7. The third kappa shape index (κ3) is 4.55. The predicted molar refractivity (Wildman–Crippen MR) is 140 cm³/mol. The molecule has 0 bridgehead atoms. The van der Waals surface area contributed by atoms with Crippen molar-refractivity contribution >= 4 is 39.9 Å². The molecular weight excluding hydrogens is 531 g/mol. The number of carbonyl (C=O) groups is 1. The lowest BCUT2D eigenvalue weighted by atomic mass is 10.00. The molecule has 4 heterocycles. The van der Waals surface area contributed by atoms with Crippen LogP contribution in [0.3, 0.4) is 0 Å². The Morgan fingerprint density at radius 2 is 2.03 bits per heavy atom. The molecule has 1 fully saturated rings. The lowest BCUT2D eigenvalue weighted by Crippen LogP contribution is -2.46. The van der Waals surface area contributed by atoms with Gasteiger partial charge in [0.1, 0.15) is 33.5 Å². The fourth-order valence-corrected chi connectivity index (χ4v) is 5.80. The number of pyridine rings is 1. The topological polar surface area (TPSA) is 134 Å². The number of aromatic nitrogens is 7. The van der Waals surface area contributed by atoms with Gasteiger partial charge in [0.25, 0.3) is 5.91 Å². The van der Waals surface area contributed by atoms with Crippen LogP contribution < -0.4 is 5.32 Å². The zero-order valence-electron chi connectivity index (χ0n) is 19.9. The molecule has 3 N–H and O–H groups in total. The first kappa shape index (κ1) is 24.6. The monoisotopic (exact) mass is 552 g/mol. The van der Waals surface area contributed by atoms with Crippen LogP contribution >= 0.6 is 22.9 Å². The molecule has 13 heteroatoms. The van der Waals surface area contributed by atoms with Crippen molar-refractivity contribution in [1.29, 1.82) is 0 Å². The smallest absolute Gasteiger partial charge is 0.280 e. The Morgan fingerprint density at radius 3 is 2.79 bits per heavy atom. The number of benzene rings is 1. The van der Waals surface area contributed by atoms with E-state index in [2.05, 4.69) is 30.5 Å². The molecule has 38 heavy (non-hydrogen) atoms. The molecule has 1 aromatic carbocycles. The Balaban J connectivity index is 1.46. The van der Waals surface area contributed by atoms with Crippen molar-refractivity contribution in [2.24, 2.45) is 0 Å². The van der Waals surface area contributed by atoms with Crippen molar-refractivity contribution < 1.29 is 14.3 Å². The highest BCUT2D eigenvalue weighted by molar-refractivity contribution is 7.17. The summed E-state index contributed by atoms with van der Waals surface area (Å²) in [6, 6.07) is 7.13. The van der Waals surface area contributed by atoms with E-state index in [0.717, 1.165) is 24.2 Å². The number of aromatic amines is 1. The number of rotatable bonds is 5. The molecule has 3 unspecified atom stereocenters. The molecule has 6 rings (SSSR count). The number of imidazole rings is 1. The third-order valence-electron chi connectivity index (χ3n) is 6.74. The zero-order chi connectivity index (χ0) is 26.2. The Hall–Kier alpha value is -3.74. The number of hydrogen-bond donors (Lipinski definition) is 3. The number of aliphatic hydroxyl groups excluding tert-OH is 1. The minimum atomic E-state index is -0.985. The van der Waals surface area contributed by atoms with Gasteiger partial charge in [-0.2, -0.15) is 5.10 Å². The van der Waals surface area contributed by atoms with Crippen molar-refractivity contribution in [2.75, 3.05) is 0 Å². The molecule has 0 aliphatic heterocycles. The van der Waals surface area contributed by atoms with E-state index in [9.17, 15) is 9.90 Å². The maximum atomic E-state index is 15.0. The fourth-order valence-electron chi connectivity index (χ4n) is 4.98. The number of H-pyrrole nitrogens is 1. The minimum Gasteiger partial charge on any atom is -0.389 e. The lowest BCUT2D eigenvalue weighted by Gasteiger charge is -2.30. The van der Waals surface area contributed by atoms with Gasteiger partial charge in [-0.3, -0.25) is 14.9 Å². The van der Waals surface area contributed by atoms with Gasteiger partial charge >= 0.3 is 0 Å². The van der Waals surface area contributed by atoms with E-state index in [1.807, 2.05) is 4.57 Å². The molecule has 3 atom stereocenters. The quantitative estimate of drug-likeness (QED) is 0.275. The highest BCUT2D eigenvalue weighted by atomic mass is 35.5. The summed E-state index contributed by atoms with van der Waals surface area (Å²) in [7, 11) is 0. The van der Waals surface area contributed by atoms with Gasteiger partial charge in [-0.25, -0.2) is 19.3 Å². The highest BCUT2D eigenvalue weighted by Crippen LogP contribution is 2.37. The number of amides is 1. The standard InChI is InChI=1S/C25H22ClFN8O2S/c26-20-11-29-25(38-20)24(37)33-15-7-3-4-8-18(21(15)36)35-19-9-16(22-30-12-31-34-22)28-10-17(19)32-23(35)13-5-1-2-6-14(13)27/h1-2,5-6,9-12,15,18,21,36H,3-4,7-8H2,(H,33,37)(H,30,31,34). The first-order valence-corrected chi connectivity index (χ1v) is 13.3. The van der Waals surface area contributed by atoms with E-state index in [1.165, 1.54) is 18.6 Å². The van der Waals surface area contributed by atoms with E-state index in [-0.39, 0.29) is 5.01 Å². The van der Waals surface area contributed by atoms with Gasteiger partial charge in [0, 0.05) is 0 Å². The lowest BCUT2D eigenvalue weighted by molar-refractivity contribution is 0.0657. The second-order valence-electron chi connectivity index (χ2n) is 9.07. The average molecular weight is 553 g/mol. The van der Waals surface area contributed by atoms with Crippen LogP contribution in [0.1, 0.15) is 41.5 Å². The zero-order valence-corrected chi connectivity index (χ0v) is 21.5. The first-order chi connectivity index (χ1) is 18.5. The summed E-state index contributed by atoms with van der Waals surface area (Å²) >= 11 is 7.03. The molecular formula is C25H22ClFN8O2S. The summed E-state index contributed by atoms with van der Waals surface area (Å²) < 4.78 is 17.3. The molecule has 194 valence electrons. The van der Waals surface area contributed by atoms with Crippen LogP contribution in [0.15, 0.2) is 49.1 Å². The number of halogens is 2.